The lowest BCUT2D eigenvalue weighted by Crippen LogP contribution is -2.29. The van der Waals surface area contributed by atoms with Gasteiger partial charge in [-0.3, -0.25) is 0 Å². The van der Waals surface area contributed by atoms with Crippen LogP contribution in [0.2, 0.25) is 0 Å². The van der Waals surface area contributed by atoms with Crippen LogP contribution >= 0.6 is 0 Å². The molecule has 0 saturated heterocycles. The molecule has 4 rings (SSSR count). The van der Waals surface area contributed by atoms with Crippen molar-refractivity contribution in [2.24, 2.45) is 0 Å². The minimum atomic E-state index is -4.35. The molecule has 0 saturated carbocycles. The number of alkyl halides is 3. The highest BCUT2D eigenvalue weighted by Gasteiger charge is 2.30. The van der Waals surface area contributed by atoms with E-state index in [1.54, 1.807) is 23.4 Å². The molecule has 3 aromatic rings. The number of benzene rings is 1. The molecule has 0 unspecified atom stereocenters. The molecule has 26 heavy (non-hydrogen) atoms. The summed E-state index contributed by atoms with van der Waals surface area (Å²) in [4.78, 5) is 0. The fraction of sp³-hybridized carbons (Fsp3) is 0.278. The number of fused-ring (bicyclic) bond motifs is 1. The molecule has 1 aliphatic heterocycles. The Labute approximate surface area is 147 Å². The number of ether oxygens (including phenoxy) is 1. The summed E-state index contributed by atoms with van der Waals surface area (Å²) >= 11 is 0. The largest absolute Gasteiger partial charge is 0.472 e. The predicted molar refractivity (Wildman–Crippen MR) is 86.5 cm³/mol. The summed E-state index contributed by atoms with van der Waals surface area (Å²) in [5, 5.41) is 7.74. The number of hydrogen-bond donors (Lipinski definition) is 1. The molecule has 136 valence electrons. The van der Waals surface area contributed by atoms with E-state index in [1.807, 2.05) is 6.07 Å². The number of furan rings is 1. The second-order valence-corrected chi connectivity index (χ2v) is 6.08. The van der Waals surface area contributed by atoms with Gasteiger partial charge in [0.05, 0.1) is 54.9 Å². The Kier molecular flexibility index (Phi) is 4.29. The van der Waals surface area contributed by atoms with E-state index in [2.05, 4.69) is 10.4 Å². The molecule has 1 aliphatic rings. The first-order chi connectivity index (χ1) is 12.5. The van der Waals surface area contributed by atoms with Crippen molar-refractivity contribution in [2.75, 3.05) is 6.61 Å². The standard InChI is InChI=1S/C18H16F3N3O2/c19-18(20,21)13-1-3-14(4-2-13)24-17-11-26-10-16(15(17)8-23-24)22-7-12-5-6-25-9-12/h1-6,8-9,16,22H,7,10-11H2/t16-/m0/s1. The van der Waals surface area contributed by atoms with E-state index in [1.165, 1.54) is 12.1 Å². The highest BCUT2D eigenvalue weighted by molar-refractivity contribution is 5.39. The second kappa shape index (κ2) is 6.62. The minimum Gasteiger partial charge on any atom is -0.472 e. The van der Waals surface area contributed by atoms with Crippen molar-refractivity contribution in [3.05, 3.63) is 71.4 Å². The van der Waals surface area contributed by atoms with Crippen molar-refractivity contribution in [1.29, 1.82) is 0 Å². The maximum absolute atomic E-state index is 12.7. The van der Waals surface area contributed by atoms with Crippen LogP contribution in [0.3, 0.4) is 0 Å². The van der Waals surface area contributed by atoms with Gasteiger partial charge in [-0.25, -0.2) is 4.68 Å². The number of halogens is 3. The zero-order valence-corrected chi connectivity index (χ0v) is 13.7. The monoisotopic (exact) mass is 363 g/mol. The summed E-state index contributed by atoms with van der Waals surface area (Å²) in [7, 11) is 0. The van der Waals surface area contributed by atoms with Gasteiger partial charge >= 0.3 is 6.18 Å². The van der Waals surface area contributed by atoms with Crippen LogP contribution in [0.1, 0.15) is 28.4 Å². The molecule has 3 heterocycles. The Morgan fingerprint density at radius 1 is 1.19 bits per heavy atom. The van der Waals surface area contributed by atoms with Crippen LogP contribution in [0.15, 0.2) is 53.5 Å². The van der Waals surface area contributed by atoms with Crippen LogP contribution in [0.5, 0.6) is 0 Å². The highest BCUT2D eigenvalue weighted by Crippen LogP contribution is 2.31. The van der Waals surface area contributed by atoms with Gasteiger partial charge in [-0.1, -0.05) is 0 Å². The van der Waals surface area contributed by atoms with E-state index in [-0.39, 0.29) is 6.04 Å². The van der Waals surface area contributed by atoms with Gasteiger partial charge in [0.2, 0.25) is 0 Å². The predicted octanol–water partition coefficient (Wildman–Crippen LogP) is 3.85. The molecule has 2 aromatic heterocycles. The van der Waals surface area contributed by atoms with Crippen molar-refractivity contribution in [3.63, 3.8) is 0 Å². The zero-order valence-electron chi connectivity index (χ0n) is 13.7. The van der Waals surface area contributed by atoms with Gasteiger partial charge in [0.15, 0.2) is 0 Å². The fourth-order valence-corrected chi connectivity index (χ4v) is 3.00. The van der Waals surface area contributed by atoms with Crippen molar-refractivity contribution in [2.45, 2.75) is 25.4 Å². The maximum atomic E-state index is 12.7. The molecule has 0 fully saturated rings. The average molecular weight is 363 g/mol. The lowest BCUT2D eigenvalue weighted by atomic mass is 10.1. The summed E-state index contributed by atoms with van der Waals surface area (Å²) in [6.45, 7) is 1.49. The van der Waals surface area contributed by atoms with Crippen molar-refractivity contribution >= 4 is 0 Å². The highest BCUT2D eigenvalue weighted by atomic mass is 19.4. The van der Waals surface area contributed by atoms with Crippen LogP contribution in [-0.4, -0.2) is 16.4 Å². The van der Waals surface area contributed by atoms with Gasteiger partial charge in [0.1, 0.15) is 0 Å². The molecule has 0 bridgehead atoms. The lowest BCUT2D eigenvalue weighted by Gasteiger charge is -2.24. The maximum Gasteiger partial charge on any atom is 0.416 e. The number of nitrogens with one attached hydrogen (secondary N) is 1. The molecule has 0 amide bonds. The van der Waals surface area contributed by atoms with Gasteiger partial charge in [-0.05, 0) is 30.3 Å². The quantitative estimate of drug-likeness (QED) is 0.765. The van der Waals surface area contributed by atoms with Gasteiger partial charge < -0.3 is 14.5 Å². The lowest BCUT2D eigenvalue weighted by molar-refractivity contribution is -0.137. The normalized spacial score (nSPS) is 17.3. The van der Waals surface area contributed by atoms with E-state index in [4.69, 9.17) is 9.15 Å². The third-order valence-electron chi connectivity index (χ3n) is 4.37. The number of aromatic nitrogens is 2. The first-order valence-electron chi connectivity index (χ1n) is 8.09. The molecular weight excluding hydrogens is 347 g/mol. The Bertz CT molecular complexity index is 870. The third kappa shape index (κ3) is 3.25. The minimum absolute atomic E-state index is 0.0446. The average Bonchev–Trinajstić information content (AvgIpc) is 3.29. The summed E-state index contributed by atoms with van der Waals surface area (Å²) in [6.07, 6.45) is 0.668. The van der Waals surface area contributed by atoms with Gasteiger partial charge in [-0.2, -0.15) is 18.3 Å². The molecule has 0 radical (unpaired) electrons. The summed E-state index contributed by atoms with van der Waals surface area (Å²) in [5.41, 5.74) is 2.73. The van der Waals surface area contributed by atoms with Gasteiger partial charge in [-0.15, -0.1) is 0 Å². The fourth-order valence-electron chi connectivity index (χ4n) is 3.00. The van der Waals surface area contributed by atoms with Crippen molar-refractivity contribution < 1.29 is 22.3 Å². The summed E-state index contributed by atoms with van der Waals surface area (Å²) < 4.78 is 50.5. The van der Waals surface area contributed by atoms with Crippen molar-refractivity contribution in [1.82, 2.24) is 15.1 Å². The Morgan fingerprint density at radius 3 is 2.69 bits per heavy atom. The van der Waals surface area contributed by atoms with Gasteiger partial charge in [0, 0.05) is 17.7 Å². The van der Waals surface area contributed by atoms with E-state index in [0.29, 0.717) is 25.4 Å². The summed E-state index contributed by atoms with van der Waals surface area (Å²) in [6, 6.07) is 6.78. The van der Waals surface area contributed by atoms with E-state index in [9.17, 15) is 13.2 Å². The molecule has 1 atom stereocenters. The van der Waals surface area contributed by atoms with Crippen molar-refractivity contribution in [3.8, 4) is 5.69 Å². The Balaban J connectivity index is 1.56. The smallest absolute Gasteiger partial charge is 0.416 e. The summed E-state index contributed by atoms with van der Waals surface area (Å²) in [5.74, 6) is 0. The van der Waals surface area contributed by atoms with Crippen LogP contribution in [-0.2, 0) is 24.1 Å². The van der Waals surface area contributed by atoms with Gasteiger partial charge in [0.25, 0.3) is 0 Å². The van der Waals surface area contributed by atoms with Crippen LogP contribution in [0.4, 0.5) is 13.2 Å². The number of hydrogen-bond acceptors (Lipinski definition) is 4. The number of rotatable bonds is 4. The first-order valence-corrected chi connectivity index (χ1v) is 8.09. The van der Waals surface area contributed by atoms with E-state index >= 15 is 0 Å². The zero-order chi connectivity index (χ0) is 18.1. The number of nitrogens with zero attached hydrogens (tertiary/aromatic N) is 2. The Hall–Kier alpha value is -2.58. The van der Waals surface area contributed by atoms with E-state index < -0.39 is 11.7 Å². The molecule has 0 spiro atoms. The molecule has 0 aliphatic carbocycles. The second-order valence-electron chi connectivity index (χ2n) is 6.08. The SMILES string of the molecule is FC(F)(F)c1ccc(-n2ncc3c2COC[C@@H]3NCc2ccoc2)cc1. The van der Waals surface area contributed by atoms with Crippen LogP contribution in [0.25, 0.3) is 5.69 Å². The molecule has 1 aromatic carbocycles. The topological polar surface area (TPSA) is 52.2 Å². The van der Waals surface area contributed by atoms with Crippen LogP contribution in [0, 0.1) is 0 Å². The van der Waals surface area contributed by atoms with E-state index in [0.717, 1.165) is 29.0 Å². The van der Waals surface area contributed by atoms with Crippen LogP contribution < -0.4 is 5.32 Å². The first kappa shape index (κ1) is 16.9. The molecular formula is C18H16F3N3O2. The third-order valence-corrected chi connectivity index (χ3v) is 4.37. The Morgan fingerprint density at radius 2 is 2.00 bits per heavy atom. The molecule has 5 nitrogen and oxygen atoms in total. The molecule has 8 heteroatoms. The molecule has 1 N–H and O–H groups in total.